The Bertz CT molecular complexity index is 617. The van der Waals surface area contributed by atoms with Gasteiger partial charge in [0.05, 0.1) is 6.61 Å². The van der Waals surface area contributed by atoms with Crippen LogP contribution in [0.15, 0.2) is 0 Å². The summed E-state index contributed by atoms with van der Waals surface area (Å²) in [5.41, 5.74) is 0. The maximum atomic E-state index is 12.1. The number of rotatable bonds is 13. The second-order valence-corrected chi connectivity index (χ2v) is 9.73. The molecule has 2 aliphatic heterocycles. The van der Waals surface area contributed by atoms with Gasteiger partial charge in [-0.3, -0.25) is 4.79 Å². The highest BCUT2D eigenvalue weighted by Crippen LogP contribution is 2.28. The second-order valence-electron chi connectivity index (χ2n) is 9.73. The Morgan fingerprint density at radius 2 is 1.26 bits per heavy atom. The van der Waals surface area contributed by atoms with Crippen molar-refractivity contribution in [3.05, 3.63) is 0 Å². The van der Waals surface area contributed by atoms with Crippen molar-refractivity contribution < 1.29 is 59.5 Å². The standard InChI is InChI=1S/C23H42O12/c1-12(2)8-6-4-3-5-7-9-15(25)32-11-14-17(27)19(29)21(31)23(34-14)35-22-20(30)18(28)16(26)13(10-24)33-22/h12-14,16-24,26-31H,3-11H2,1-2H3. The maximum Gasteiger partial charge on any atom is 0.305 e. The molecule has 2 saturated heterocycles. The molecule has 0 aromatic rings. The van der Waals surface area contributed by atoms with Gasteiger partial charge >= 0.3 is 5.97 Å². The van der Waals surface area contributed by atoms with Crippen molar-refractivity contribution in [1.29, 1.82) is 0 Å². The summed E-state index contributed by atoms with van der Waals surface area (Å²) in [5.74, 6) is 0.194. The average molecular weight is 511 g/mol. The number of ether oxygens (including phenoxy) is 4. The minimum atomic E-state index is -1.76. The molecule has 10 atom stereocenters. The Balaban J connectivity index is 1.80. The summed E-state index contributed by atoms with van der Waals surface area (Å²) in [6.07, 6.45) is -9.65. The Kier molecular flexibility index (Phi) is 12.7. The fourth-order valence-corrected chi connectivity index (χ4v) is 4.08. The smallest absolute Gasteiger partial charge is 0.305 e. The van der Waals surface area contributed by atoms with Gasteiger partial charge in [0.15, 0.2) is 12.6 Å². The van der Waals surface area contributed by atoms with Crippen LogP contribution in [0.1, 0.15) is 58.8 Å². The zero-order valence-electron chi connectivity index (χ0n) is 20.4. The van der Waals surface area contributed by atoms with Crippen LogP contribution in [0.3, 0.4) is 0 Å². The van der Waals surface area contributed by atoms with E-state index in [0.29, 0.717) is 12.3 Å². The Morgan fingerprint density at radius 3 is 1.83 bits per heavy atom. The van der Waals surface area contributed by atoms with Gasteiger partial charge in [-0.25, -0.2) is 0 Å². The number of unbranched alkanes of at least 4 members (excludes halogenated alkanes) is 4. The predicted octanol–water partition coefficient (Wildman–Crippen LogP) is -1.46. The lowest BCUT2D eigenvalue weighted by Crippen LogP contribution is -2.63. The summed E-state index contributed by atoms with van der Waals surface area (Å²) < 4.78 is 21.2. The topological polar surface area (TPSA) is 196 Å². The molecule has 0 aromatic heterocycles. The number of carbonyl (C=O) groups excluding carboxylic acids is 1. The minimum Gasteiger partial charge on any atom is -0.463 e. The molecule has 0 saturated carbocycles. The van der Waals surface area contributed by atoms with E-state index in [2.05, 4.69) is 13.8 Å². The monoisotopic (exact) mass is 510 g/mol. The molecule has 2 fully saturated rings. The number of hydrogen-bond donors (Lipinski definition) is 7. The lowest BCUT2D eigenvalue weighted by Gasteiger charge is -2.44. The van der Waals surface area contributed by atoms with E-state index in [9.17, 15) is 40.5 Å². The van der Waals surface area contributed by atoms with Gasteiger partial charge in [0.1, 0.15) is 55.4 Å². The molecule has 2 rings (SSSR count). The van der Waals surface area contributed by atoms with E-state index >= 15 is 0 Å². The van der Waals surface area contributed by atoms with Gasteiger partial charge in [0.25, 0.3) is 0 Å². The summed E-state index contributed by atoms with van der Waals surface area (Å²) in [4.78, 5) is 12.1. The highest BCUT2D eigenvalue weighted by molar-refractivity contribution is 5.69. The summed E-state index contributed by atoms with van der Waals surface area (Å²) in [6, 6.07) is 0. The van der Waals surface area contributed by atoms with Gasteiger partial charge in [-0.05, 0) is 12.3 Å². The summed E-state index contributed by atoms with van der Waals surface area (Å²) in [7, 11) is 0. The van der Waals surface area contributed by atoms with Gasteiger partial charge < -0.3 is 54.7 Å². The quantitative estimate of drug-likeness (QED) is 0.113. The molecule has 0 spiro atoms. The third-order valence-electron chi connectivity index (χ3n) is 6.36. The van der Waals surface area contributed by atoms with Crippen LogP contribution in [0.5, 0.6) is 0 Å². The summed E-state index contributed by atoms with van der Waals surface area (Å²) >= 11 is 0. The fourth-order valence-electron chi connectivity index (χ4n) is 4.08. The van der Waals surface area contributed by atoms with Crippen LogP contribution < -0.4 is 0 Å². The third-order valence-corrected chi connectivity index (χ3v) is 6.36. The number of aliphatic hydroxyl groups excluding tert-OH is 7. The molecule has 2 heterocycles. The van der Waals surface area contributed by atoms with Gasteiger partial charge in [-0.1, -0.05) is 46.0 Å². The lowest BCUT2D eigenvalue weighted by molar-refractivity contribution is -0.376. The average Bonchev–Trinajstić information content (AvgIpc) is 2.82. The van der Waals surface area contributed by atoms with Crippen LogP contribution in [0.2, 0.25) is 0 Å². The van der Waals surface area contributed by atoms with Crippen molar-refractivity contribution in [3.63, 3.8) is 0 Å². The van der Waals surface area contributed by atoms with Crippen molar-refractivity contribution in [1.82, 2.24) is 0 Å². The minimum absolute atomic E-state index is 0.197. The van der Waals surface area contributed by atoms with E-state index in [1.54, 1.807) is 0 Å². The molecule has 0 amide bonds. The first kappa shape index (κ1) is 30.3. The first-order chi connectivity index (χ1) is 16.6. The maximum absolute atomic E-state index is 12.1. The zero-order chi connectivity index (χ0) is 26.1. The normalized spacial score (nSPS) is 38.0. The van der Waals surface area contributed by atoms with Gasteiger partial charge in [0, 0.05) is 6.42 Å². The van der Waals surface area contributed by atoms with Crippen molar-refractivity contribution in [3.8, 4) is 0 Å². The highest BCUT2D eigenvalue weighted by Gasteiger charge is 2.49. The third kappa shape index (κ3) is 8.85. The molecular weight excluding hydrogens is 468 g/mol. The van der Waals surface area contributed by atoms with Crippen LogP contribution in [0.4, 0.5) is 0 Å². The van der Waals surface area contributed by atoms with Gasteiger partial charge in [-0.15, -0.1) is 0 Å². The Morgan fingerprint density at radius 1 is 0.743 bits per heavy atom. The van der Waals surface area contributed by atoms with E-state index in [1.165, 1.54) is 12.8 Å². The van der Waals surface area contributed by atoms with E-state index < -0.39 is 80.6 Å². The zero-order valence-corrected chi connectivity index (χ0v) is 20.4. The lowest BCUT2D eigenvalue weighted by atomic mass is 9.98. The van der Waals surface area contributed by atoms with Crippen LogP contribution in [0.25, 0.3) is 0 Å². The Labute approximate surface area is 205 Å². The van der Waals surface area contributed by atoms with Crippen LogP contribution in [-0.4, -0.2) is 116 Å². The SMILES string of the molecule is CC(C)CCCCCCCC(=O)OCC1OC(OC2OC(CO)C(O)C(O)C2O)C(O)C(O)C1O. The molecule has 12 heteroatoms. The predicted molar refractivity (Wildman–Crippen MR) is 120 cm³/mol. The molecule has 0 aliphatic carbocycles. The largest absolute Gasteiger partial charge is 0.463 e. The molecule has 35 heavy (non-hydrogen) atoms. The fraction of sp³-hybridized carbons (Fsp3) is 0.957. The van der Waals surface area contributed by atoms with Crippen molar-refractivity contribution in [2.24, 2.45) is 5.92 Å². The second kappa shape index (κ2) is 14.7. The number of esters is 1. The number of carbonyl (C=O) groups is 1. The first-order valence-corrected chi connectivity index (χ1v) is 12.4. The van der Waals surface area contributed by atoms with E-state index in [-0.39, 0.29) is 6.42 Å². The van der Waals surface area contributed by atoms with Crippen LogP contribution in [-0.2, 0) is 23.7 Å². The van der Waals surface area contributed by atoms with E-state index in [1.807, 2.05) is 0 Å². The molecule has 206 valence electrons. The Hall–Kier alpha value is -0.930. The molecule has 7 N–H and O–H groups in total. The van der Waals surface area contributed by atoms with Crippen LogP contribution >= 0.6 is 0 Å². The molecule has 0 radical (unpaired) electrons. The van der Waals surface area contributed by atoms with Gasteiger partial charge in [0.2, 0.25) is 0 Å². The number of hydrogen-bond acceptors (Lipinski definition) is 12. The molecule has 0 bridgehead atoms. The molecule has 2 aliphatic rings. The van der Waals surface area contributed by atoms with E-state index in [0.717, 1.165) is 19.3 Å². The molecule has 12 nitrogen and oxygen atoms in total. The molecule has 0 aromatic carbocycles. The van der Waals surface area contributed by atoms with Crippen molar-refractivity contribution >= 4 is 5.97 Å². The number of aliphatic hydroxyl groups is 7. The highest BCUT2D eigenvalue weighted by atomic mass is 16.8. The molecular formula is C23H42O12. The van der Waals surface area contributed by atoms with E-state index in [4.69, 9.17) is 18.9 Å². The van der Waals surface area contributed by atoms with Crippen molar-refractivity contribution in [2.75, 3.05) is 13.2 Å². The van der Waals surface area contributed by atoms with Crippen molar-refractivity contribution in [2.45, 2.75) is 120 Å². The van der Waals surface area contributed by atoms with Crippen LogP contribution in [0, 0.1) is 5.92 Å². The summed E-state index contributed by atoms with van der Waals surface area (Å²) in [6.45, 7) is 3.28. The van der Waals surface area contributed by atoms with Gasteiger partial charge in [-0.2, -0.15) is 0 Å². The summed E-state index contributed by atoms with van der Waals surface area (Å²) in [5, 5.41) is 69.8. The first-order valence-electron chi connectivity index (χ1n) is 12.4. The molecule has 10 unspecified atom stereocenters.